The van der Waals surface area contributed by atoms with Gasteiger partial charge < -0.3 is 25.2 Å². The second-order valence-electron chi connectivity index (χ2n) is 11.7. The van der Waals surface area contributed by atoms with Crippen molar-refractivity contribution in [2.75, 3.05) is 12.4 Å². The first-order valence-electron chi connectivity index (χ1n) is 14.5. The van der Waals surface area contributed by atoms with Crippen molar-refractivity contribution in [2.24, 2.45) is 23.7 Å². The van der Waals surface area contributed by atoms with Gasteiger partial charge in [0.05, 0.1) is 40.0 Å². The molecule has 3 N–H and O–H groups in total. The molecule has 0 saturated heterocycles. The fourth-order valence-corrected chi connectivity index (χ4v) is 8.01. The van der Waals surface area contributed by atoms with E-state index in [2.05, 4.69) is 26.6 Å². The quantitative estimate of drug-likeness (QED) is 0.306. The molecule has 15 heteroatoms. The number of benzene rings is 2. The molecular formula is C30H32BrF3N2O8S. The molecule has 10 nitrogen and oxygen atoms in total. The smallest absolute Gasteiger partial charge is 0.496 e. The molecule has 4 unspecified atom stereocenters. The van der Waals surface area contributed by atoms with Gasteiger partial charge in [0.2, 0.25) is 5.91 Å². The molecule has 244 valence electrons. The molecular weight excluding hydrogens is 685 g/mol. The summed E-state index contributed by atoms with van der Waals surface area (Å²) in [6.45, 7) is 0. The number of rotatable bonds is 9. The molecule has 2 amide bonds. The van der Waals surface area contributed by atoms with E-state index in [1.807, 2.05) is 0 Å². The van der Waals surface area contributed by atoms with Crippen LogP contribution in [-0.4, -0.2) is 56.1 Å². The first-order chi connectivity index (χ1) is 21.2. The Morgan fingerprint density at radius 3 is 2.31 bits per heavy atom. The lowest BCUT2D eigenvalue weighted by atomic mass is 9.83. The first kappa shape index (κ1) is 33.0. The van der Waals surface area contributed by atoms with Gasteiger partial charge in [0.15, 0.2) is 0 Å². The van der Waals surface area contributed by atoms with Crippen molar-refractivity contribution in [2.45, 2.75) is 67.5 Å². The summed E-state index contributed by atoms with van der Waals surface area (Å²) < 4.78 is 75.1. The number of alkyl halides is 3. The van der Waals surface area contributed by atoms with Crippen molar-refractivity contribution >= 4 is 49.2 Å². The lowest BCUT2D eigenvalue weighted by Gasteiger charge is -2.31. The van der Waals surface area contributed by atoms with E-state index in [-0.39, 0.29) is 34.9 Å². The van der Waals surface area contributed by atoms with Crippen LogP contribution in [0.15, 0.2) is 45.8 Å². The van der Waals surface area contributed by atoms with Gasteiger partial charge in [-0.1, -0.05) is 6.07 Å². The van der Waals surface area contributed by atoms with E-state index < -0.39 is 55.9 Å². The van der Waals surface area contributed by atoms with Crippen molar-refractivity contribution in [3.05, 3.63) is 46.4 Å². The number of hydrogen-bond acceptors (Lipinski definition) is 7. The largest absolute Gasteiger partial charge is 0.501 e. The van der Waals surface area contributed by atoms with Crippen LogP contribution in [0.3, 0.4) is 0 Å². The average Bonchev–Trinajstić information content (AvgIpc) is 3.60. The maximum Gasteiger partial charge on any atom is 0.501 e. The van der Waals surface area contributed by atoms with Gasteiger partial charge in [-0.15, -0.1) is 0 Å². The number of halogens is 4. The number of ether oxygens (including phenoxy) is 2. The van der Waals surface area contributed by atoms with E-state index in [0.29, 0.717) is 42.3 Å². The molecule has 0 spiro atoms. The van der Waals surface area contributed by atoms with Crippen LogP contribution >= 0.6 is 15.9 Å². The van der Waals surface area contributed by atoms with E-state index >= 15 is 0 Å². The minimum absolute atomic E-state index is 0.00627. The van der Waals surface area contributed by atoms with Crippen molar-refractivity contribution in [3.8, 4) is 11.5 Å². The van der Waals surface area contributed by atoms with E-state index in [1.165, 1.54) is 19.2 Å². The highest BCUT2D eigenvalue weighted by Gasteiger charge is 2.52. The molecule has 0 radical (unpaired) electrons. The molecule has 3 aliphatic carbocycles. The van der Waals surface area contributed by atoms with Gasteiger partial charge in [0.1, 0.15) is 11.5 Å². The molecule has 2 aromatic carbocycles. The van der Waals surface area contributed by atoms with Crippen LogP contribution in [0.5, 0.6) is 11.5 Å². The molecule has 3 saturated carbocycles. The van der Waals surface area contributed by atoms with E-state index in [1.54, 1.807) is 6.07 Å². The number of anilines is 1. The fraction of sp³-hybridized carbons (Fsp3) is 0.500. The Bertz CT molecular complexity index is 1590. The number of amides is 2. The van der Waals surface area contributed by atoms with E-state index in [9.17, 15) is 41.1 Å². The molecule has 0 aliphatic heterocycles. The SMILES string of the molecule is COc1cc(Br)c(OC2CCC(C(=O)O)CC2)cc1C(=O)NC1C2CCC(C2)C1C(=O)Nc1cccc(S(=O)(=O)C(F)(F)F)c1. The third-order valence-corrected chi connectivity index (χ3v) is 11.2. The molecule has 45 heavy (non-hydrogen) atoms. The van der Waals surface area contributed by atoms with Gasteiger partial charge >= 0.3 is 11.5 Å². The van der Waals surface area contributed by atoms with Crippen molar-refractivity contribution in [1.82, 2.24) is 5.32 Å². The van der Waals surface area contributed by atoms with Crippen LogP contribution in [-0.2, 0) is 19.4 Å². The number of carboxylic acid groups (broad SMARTS) is 1. The number of fused-ring (bicyclic) bond motifs is 2. The summed E-state index contributed by atoms with van der Waals surface area (Å²) in [7, 11) is -4.20. The molecule has 5 rings (SSSR count). The number of methoxy groups -OCH3 is 1. The highest BCUT2D eigenvalue weighted by molar-refractivity contribution is 9.10. The Balaban J connectivity index is 1.32. The lowest BCUT2D eigenvalue weighted by molar-refractivity contribution is -0.143. The summed E-state index contributed by atoms with van der Waals surface area (Å²) in [4.78, 5) is 37.5. The molecule has 2 bridgehead atoms. The van der Waals surface area contributed by atoms with Crippen LogP contribution in [0, 0.1) is 23.7 Å². The summed E-state index contributed by atoms with van der Waals surface area (Å²) in [5.74, 6) is -2.41. The van der Waals surface area contributed by atoms with Crippen molar-refractivity contribution in [3.63, 3.8) is 0 Å². The summed E-state index contributed by atoms with van der Waals surface area (Å²) in [5, 5.41) is 14.8. The zero-order valence-corrected chi connectivity index (χ0v) is 26.5. The number of carboxylic acids is 1. The van der Waals surface area contributed by atoms with Crippen molar-refractivity contribution < 1.29 is 50.6 Å². The highest BCUT2D eigenvalue weighted by Crippen LogP contribution is 2.49. The fourth-order valence-electron chi connectivity index (χ4n) is 6.78. The molecule has 2 aromatic rings. The van der Waals surface area contributed by atoms with Crippen LogP contribution in [0.25, 0.3) is 0 Å². The predicted molar refractivity (Wildman–Crippen MR) is 159 cm³/mol. The third kappa shape index (κ3) is 6.79. The van der Waals surface area contributed by atoms with E-state index in [4.69, 9.17) is 9.47 Å². The van der Waals surface area contributed by atoms with Gasteiger partial charge in [0.25, 0.3) is 15.7 Å². The molecule has 4 atom stereocenters. The summed E-state index contributed by atoms with van der Waals surface area (Å²) >= 11 is 3.45. The van der Waals surface area contributed by atoms with Crippen LogP contribution < -0.4 is 20.1 Å². The topological polar surface area (TPSA) is 148 Å². The monoisotopic (exact) mass is 716 g/mol. The lowest BCUT2D eigenvalue weighted by Crippen LogP contribution is -2.48. The van der Waals surface area contributed by atoms with Crippen LogP contribution in [0.4, 0.5) is 18.9 Å². The number of aliphatic carboxylic acids is 1. The van der Waals surface area contributed by atoms with Gasteiger partial charge in [-0.3, -0.25) is 14.4 Å². The van der Waals surface area contributed by atoms with Crippen molar-refractivity contribution in [1.29, 1.82) is 0 Å². The Kier molecular flexibility index (Phi) is 9.41. The Hall–Kier alpha value is -3.33. The summed E-state index contributed by atoms with van der Waals surface area (Å²) in [6, 6.07) is 6.55. The Morgan fingerprint density at radius 2 is 1.67 bits per heavy atom. The normalized spacial score (nSPS) is 26.2. The van der Waals surface area contributed by atoms with E-state index in [0.717, 1.165) is 31.0 Å². The van der Waals surface area contributed by atoms with Gasteiger partial charge in [-0.05, 0) is 103 Å². The summed E-state index contributed by atoms with van der Waals surface area (Å²) in [5.41, 5.74) is -5.43. The van der Waals surface area contributed by atoms with Gasteiger partial charge in [-0.25, -0.2) is 8.42 Å². The Labute approximate surface area is 266 Å². The minimum atomic E-state index is -5.61. The molecule has 3 fully saturated rings. The summed E-state index contributed by atoms with van der Waals surface area (Å²) in [6.07, 6.45) is 4.02. The number of carbonyl (C=O) groups excluding carboxylic acids is 2. The zero-order valence-electron chi connectivity index (χ0n) is 24.1. The van der Waals surface area contributed by atoms with Crippen LogP contribution in [0.1, 0.15) is 55.3 Å². The van der Waals surface area contributed by atoms with Gasteiger partial charge in [0, 0.05) is 11.7 Å². The second kappa shape index (κ2) is 12.8. The number of carbonyl (C=O) groups is 3. The standard InChI is InChI=1S/C30H32BrF3N2O8S/c1-43-23-14-22(31)24(44-19-9-7-15(8-10-19)29(39)40)13-21(23)27(37)36-26-17-6-5-16(11-17)25(26)28(38)35-18-3-2-4-20(12-18)45(41,42)30(32,33)34/h2-4,12-17,19,25-26H,5-11H2,1H3,(H,35,38)(H,36,37)(H,39,40). The second-order valence-corrected chi connectivity index (χ2v) is 14.5. The maximum atomic E-state index is 13.7. The highest BCUT2D eigenvalue weighted by atomic mass is 79.9. The predicted octanol–water partition coefficient (Wildman–Crippen LogP) is 5.56. The van der Waals surface area contributed by atoms with Crippen LogP contribution in [0.2, 0.25) is 0 Å². The molecule has 3 aliphatic rings. The van der Waals surface area contributed by atoms with Gasteiger partial charge in [-0.2, -0.15) is 13.2 Å². The first-order valence-corrected chi connectivity index (χ1v) is 16.8. The third-order valence-electron chi connectivity index (χ3n) is 9.05. The molecule has 0 heterocycles. The molecule has 0 aromatic heterocycles. The maximum absolute atomic E-state index is 13.7. The average molecular weight is 718 g/mol. The Morgan fingerprint density at radius 1 is 0.978 bits per heavy atom. The number of nitrogens with one attached hydrogen (secondary N) is 2. The number of sulfone groups is 1. The zero-order chi connectivity index (χ0) is 32.7. The minimum Gasteiger partial charge on any atom is -0.496 e. The number of hydrogen-bond donors (Lipinski definition) is 3.